The van der Waals surface area contributed by atoms with E-state index in [1.165, 1.54) is 25.3 Å². The predicted molar refractivity (Wildman–Crippen MR) is 146 cm³/mol. The number of para-hydroxylation sites is 2. The van der Waals surface area contributed by atoms with Crippen molar-refractivity contribution >= 4 is 61.6 Å². The van der Waals surface area contributed by atoms with Crippen LogP contribution in [0.2, 0.25) is 5.02 Å². The van der Waals surface area contributed by atoms with E-state index in [4.69, 9.17) is 16.3 Å². The molecule has 0 unspecified atom stereocenters. The number of alkyl halides is 3. The van der Waals surface area contributed by atoms with E-state index < -0.39 is 35.2 Å². The number of halogens is 4. The SMILES string of the molecule is COc1ccc(Cl)c(Nc2nc3ccccc3nc2NS(=O)(=O)c2cccc(NC(=O)CNCC(F)(F)F)c2)c1. The number of aromatic nitrogens is 2. The number of hydrogen-bond donors (Lipinski definition) is 4. The molecule has 1 aromatic heterocycles. The van der Waals surface area contributed by atoms with Gasteiger partial charge < -0.3 is 20.7 Å². The lowest BCUT2D eigenvalue weighted by molar-refractivity contribution is -0.127. The minimum Gasteiger partial charge on any atom is -0.497 e. The van der Waals surface area contributed by atoms with E-state index in [0.717, 1.165) is 6.07 Å². The van der Waals surface area contributed by atoms with Crippen LogP contribution >= 0.6 is 11.6 Å². The van der Waals surface area contributed by atoms with Crippen molar-refractivity contribution in [2.24, 2.45) is 0 Å². The van der Waals surface area contributed by atoms with Crippen LogP contribution in [0.15, 0.2) is 71.6 Å². The summed E-state index contributed by atoms with van der Waals surface area (Å²) in [6, 6.07) is 16.9. The van der Waals surface area contributed by atoms with Crippen LogP contribution in [0.5, 0.6) is 5.75 Å². The molecule has 0 aliphatic carbocycles. The highest BCUT2D eigenvalue weighted by Crippen LogP contribution is 2.33. The summed E-state index contributed by atoms with van der Waals surface area (Å²) in [4.78, 5) is 20.7. The van der Waals surface area contributed by atoms with Gasteiger partial charge in [0.15, 0.2) is 11.6 Å². The van der Waals surface area contributed by atoms with Crippen LogP contribution in [-0.4, -0.2) is 50.7 Å². The Kier molecular flexibility index (Phi) is 8.61. The minimum absolute atomic E-state index is 0.0534. The number of nitrogens with one attached hydrogen (secondary N) is 4. The summed E-state index contributed by atoms with van der Waals surface area (Å²) in [6.07, 6.45) is -4.47. The maximum Gasteiger partial charge on any atom is 0.401 e. The van der Waals surface area contributed by atoms with Crippen molar-refractivity contribution in [3.63, 3.8) is 0 Å². The van der Waals surface area contributed by atoms with Crippen LogP contribution in [0.1, 0.15) is 0 Å². The fourth-order valence-electron chi connectivity index (χ4n) is 3.46. The average Bonchev–Trinajstić information content (AvgIpc) is 2.89. The summed E-state index contributed by atoms with van der Waals surface area (Å²) in [5.74, 6) is -0.370. The highest BCUT2D eigenvalue weighted by Gasteiger charge is 2.26. The van der Waals surface area contributed by atoms with Crippen molar-refractivity contribution in [1.82, 2.24) is 15.3 Å². The van der Waals surface area contributed by atoms with E-state index in [-0.39, 0.29) is 22.2 Å². The normalized spacial score (nSPS) is 11.7. The van der Waals surface area contributed by atoms with E-state index in [1.807, 2.05) is 5.32 Å². The summed E-state index contributed by atoms with van der Waals surface area (Å²) in [7, 11) is -2.80. The van der Waals surface area contributed by atoms with Gasteiger partial charge in [-0.1, -0.05) is 29.8 Å². The summed E-state index contributed by atoms with van der Waals surface area (Å²) < 4.78 is 71.2. The monoisotopic (exact) mass is 594 g/mol. The summed E-state index contributed by atoms with van der Waals surface area (Å²) in [5, 5.41) is 7.64. The van der Waals surface area contributed by atoms with Crippen molar-refractivity contribution in [2.75, 3.05) is 35.6 Å². The number of methoxy groups -OCH3 is 1. The highest BCUT2D eigenvalue weighted by atomic mass is 35.5. The molecule has 0 saturated carbocycles. The molecule has 0 spiro atoms. The van der Waals surface area contributed by atoms with Gasteiger partial charge in [-0.15, -0.1) is 0 Å². The van der Waals surface area contributed by atoms with Crippen molar-refractivity contribution < 1.29 is 31.1 Å². The predicted octanol–water partition coefficient (Wildman–Crippen LogP) is 4.93. The number of nitrogens with zero attached hydrogens (tertiary/aromatic N) is 2. The molecule has 0 bridgehead atoms. The number of carbonyl (C=O) groups excluding carboxylic acids is 1. The molecule has 4 N–H and O–H groups in total. The molecular formula is C25H22ClF3N6O4S. The number of carbonyl (C=O) groups is 1. The lowest BCUT2D eigenvalue weighted by Crippen LogP contribution is -2.35. The fourth-order valence-corrected chi connectivity index (χ4v) is 4.68. The Labute approximate surface area is 232 Å². The second-order valence-electron chi connectivity index (χ2n) is 8.28. The fraction of sp³-hybridized carbons (Fsp3) is 0.160. The van der Waals surface area contributed by atoms with E-state index in [2.05, 4.69) is 25.3 Å². The molecule has 40 heavy (non-hydrogen) atoms. The molecule has 3 aromatic carbocycles. The van der Waals surface area contributed by atoms with E-state index in [9.17, 15) is 26.4 Å². The Morgan fingerprint density at radius 1 is 0.975 bits per heavy atom. The third-order valence-electron chi connectivity index (χ3n) is 5.27. The Hall–Kier alpha value is -4.14. The number of benzene rings is 3. The minimum atomic E-state index is -4.47. The topological polar surface area (TPSA) is 134 Å². The van der Waals surface area contributed by atoms with Crippen molar-refractivity contribution in [1.29, 1.82) is 0 Å². The van der Waals surface area contributed by atoms with Crippen LogP contribution in [0.25, 0.3) is 11.0 Å². The lowest BCUT2D eigenvalue weighted by Gasteiger charge is -2.15. The Bertz CT molecular complexity index is 1650. The molecule has 4 aromatic rings. The molecule has 0 aliphatic rings. The molecule has 0 fully saturated rings. The number of ether oxygens (including phenoxy) is 1. The van der Waals surface area contributed by atoms with Gasteiger partial charge in [0.25, 0.3) is 10.0 Å². The maximum atomic E-state index is 13.3. The Morgan fingerprint density at radius 3 is 2.35 bits per heavy atom. The third-order valence-corrected chi connectivity index (χ3v) is 6.93. The van der Waals surface area contributed by atoms with Crippen LogP contribution < -0.4 is 25.4 Å². The van der Waals surface area contributed by atoms with Crippen LogP contribution in [-0.2, 0) is 14.8 Å². The highest BCUT2D eigenvalue weighted by molar-refractivity contribution is 7.92. The van der Waals surface area contributed by atoms with Crippen LogP contribution in [0, 0.1) is 0 Å². The van der Waals surface area contributed by atoms with Crippen LogP contribution in [0.4, 0.5) is 36.2 Å². The third kappa shape index (κ3) is 7.49. The zero-order valence-corrected chi connectivity index (χ0v) is 22.3. The van der Waals surface area contributed by atoms with Gasteiger partial charge in [-0.05, 0) is 42.5 Å². The van der Waals surface area contributed by atoms with Gasteiger partial charge in [-0.2, -0.15) is 13.2 Å². The molecule has 10 nitrogen and oxygen atoms in total. The zero-order valence-electron chi connectivity index (χ0n) is 20.7. The number of hydrogen-bond acceptors (Lipinski definition) is 8. The van der Waals surface area contributed by atoms with Crippen molar-refractivity contribution in [3.8, 4) is 5.75 Å². The number of sulfonamides is 1. The van der Waals surface area contributed by atoms with Gasteiger partial charge in [-0.3, -0.25) is 9.52 Å². The summed E-state index contributed by atoms with van der Waals surface area (Å²) in [5.41, 5.74) is 1.34. The van der Waals surface area contributed by atoms with Gasteiger partial charge in [0.2, 0.25) is 5.91 Å². The molecule has 0 aliphatic heterocycles. The number of rotatable bonds is 10. The van der Waals surface area contributed by atoms with Gasteiger partial charge in [0, 0.05) is 11.8 Å². The molecule has 15 heteroatoms. The van der Waals surface area contributed by atoms with Gasteiger partial charge in [0.1, 0.15) is 5.75 Å². The second kappa shape index (κ2) is 11.9. The first-order valence-corrected chi connectivity index (χ1v) is 13.4. The Balaban J connectivity index is 1.60. The summed E-state index contributed by atoms with van der Waals surface area (Å²) >= 11 is 6.32. The molecule has 1 amide bonds. The van der Waals surface area contributed by atoms with E-state index in [0.29, 0.717) is 27.5 Å². The molecule has 0 atom stereocenters. The Morgan fingerprint density at radius 2 is 1.68 bits per heavy atom. The quantitative estimate of drug-likeness (QED) is 0.203. The number of fused-ring (bicyclic) bond motifs is 1. The molecule has 1 heterocycles. The van der Waals surface area contributed by atoms with Crippen LogP contribution in [0.3, 0.4) is 0 Å². The first-order valence-electron chi connectivity index (χ1n) is 11.5. The average molecular weight is 595 g/mol. The number of amides is 1. The van der Waals surface area contributed by atoms with Crippen molar-refractivity contribution in [2.45, 2.75) is 11.1 Å². The molecule has 210 valence electrons. The second-order valence-corrected chi connectivity index (χ2v) is 10.4. The molecular weight excluding hydrogens is 573 g/mol. The van der Waals surface area contributed by atoms with E-state index in [1.54, 1.807) is 42.5 Å². The smallest absolute Gasteiger partial charge is 0.401 e. The molecule has 4 rings (SSSR count). The number of anilines is 4. The maximum absolute atomic E-state index is 13.3. The van der Waals surface area contributed by atoms with Gasteiger partial charge in [-0.25, -0.2) is 18.4 Å². The van der Waals surface area contributed by atoms with E-state index >= 15 is 0 Å². The van der Waals surface area contributed by atoms with Gasteiger partial charge in [0.05, 0.1) is 46.8 Å². The zero-order chi connectivity index (χ0) is 28.9. The first kappa shape index (κ1) is 28.9. The van der Waals surface area contributed by atoms with Crippen molar-refractivity contribution in [3.05, 3.63) is 71.8 Å². The van der Waals surface area contributed by atoms with Gasteiger partial charge >= 0.3 is 6.18 Å². The largest absolute Gasteiger partial charge is 0.497 e. The molecule has 0 saturated heterocycles. The first-order chi connectivity index (χ1) is 18.9. The molecule has 0 radical (unpaired) electrons. The standard InChI is InChI=1S/C25H22ClF3N6O4S/c1-39-16-9-10-18(26)21(12-16)34-23-24(33-20-8-3-2-7-19(20)32-23)35-40(37,38)17-6-4-5-15(11-17)31-22(36)13-30-14-25(27,28)29/h2-12,30H,13-14H2,1H3,(H,31,36)(H,32,34)(H,33,35). The summed E-state index contributed by atoms with van der Waals surface area (Å²) in [6.45, 7) is -1.97. The lowest BCUT2D eigenvalue weighted by atomic mass is 10.3.